The van der Waals surface area contributed by atoms with E-state index in [2.05, 4.69) is 4.98 Å². The van der Waals surface area contributed by atoms with Crippen LogP contribution in [0.4, 0.5) is 0 Å². The number of carbonyl (C=O) groups is 2. The van der Waals surface area contributed by atoms with Crippen LogP contribution in [0.5, 0.6) is 0 Å². The third kappa shape index (κ3) is 6.08. The summed E-state index contributed by atoms with van der Waals surface area (Å²) >= 11 is 2.59. The normalized spacial score (nSPS) is 10.2. The van der Waals surface area contributed by atoms with Crippen LogP contribution in [0.25, 0.3) is 10.2 Å². The average molecular weight is 382 g/mol. The standard InChI is InChI=1S/C15H17NO3S2.Co/c1-2-3-10-19-13(17)8-9-14(18)21-15-16-11-6-4-5-7-12(11)20-15;/h4-7H,2-3,8-10H2,1H3;. The fourth-order valence-electron chi connectivity index (χ4n) is 1.65. The number of carbonyl (C=O) groups excluding carboxylic acids is 2. The van der Waals surface area contributed by atoms with Crippen molar-refractivity contribution in [2.24, 2.45) is 0 Å². The molecular weight excluding hydrogens is 365 g/mol. The Hall–Kier alpha value is -0.894. The minimum Gasteiger partial charge on any atom is -0.466 e. The number of thiazole rings is 1. The summed E-state index contributed by atoms with van der Waals surface area (Å²) in [5, 5.41) is -0.0542. The molecule has 22 heavy (non-hydrogen) atoms. The molecule has 121 valence electrons. The number of unbranched alkanes of at least 4 members (excludes halogenated alkanes) is 1. The van der Waals surface area contributed by atoms with E-state index in [0.29, 0.717) is 6.61 Å². The van der Waals surface area contributed by atoms with Crippen LogP contribution in [-0.2, 0) is 31.1 Å². The quantitative estimate of drug-likeness (QED) is 0.411. The molecule has 2 aromatic rings. The van der Waals surface area contributed by atoms with Crippen LogP contribution in [-0.4, -0.2) is 22.7 Å². The van der Waals surface area contributed by atoms with Crippen LogP contribution in [0.15, 0.2) is 28.6 Å². The average Bonchev–Trinajstić information content (AvgIpc) is 2.87. The van der Waals surface area contributed by atoms with Gasteiger partial charge in [0.15, 0.2) is 9.45 Å². The minimum absolute atomic E-state index is 0. The summed E-state index contributed by atoms with van der Waals surface area (Å²) < 4.78 is 6.80. The van der Waals surface area contributed by atoms with Crippen molar-refractivity contribution < 1.29 is 31.1 Å². The number of benzene rings is 1. The number of ether oxygens (including phenoxy) is 1. The summed E-state index contributed by atoms with van der Waals surface area (Å²) in [6, 6.07) is 7.77. The van der Waals surface area contributed by atoms with E-state index in [-0.39, 0.29) is 40.7 Å². The number of rotatable bonds is 7. The van der Waals surface area contributed by atoms with Gasteiger partial charge < -0.3 is 4.74 Å². The van der Waals surface area contributed by atoms with E-state index in [0.717, 1.165) is 39.2 Å². The second-order valence-corrected chi connectivity index (χ2v) is 6.83. The van der Waals surface area contributed by atoms with Crippen molar-refractivity contribution in [3.63, 3.8) is 0 Å². The maximum atomic E-state index is 11.8. The van der Waals surface area contributed by atoms with Gasteiger partial charge in [0.1, 0.15) is 0 Å². The number of esters is 1. The molecule has 0 N–H and O–H groups in total. The van der Waals surface area contributed by atoms with Crippen LogP contribution < -0.4 is 0 Å². The molecule has 1 heterocycles. The van der Waals surface area contributed by atoms with Gasteiger partial charge in [0.2, 0.25) is 0 Å². The van der Waals surface area contributed by atoms with Gasteiger partial charge in [0.25, 0.3) is 0 Å². The van der Waals surface area contributed by atoms with E-state index in [4.69, 9.17) is 4.74 Å². The van der Waals surface area contributed by atoms with E-state index in [1.54, 1.807) is 0 Å². The van der Waals surface area contributed by atoms with Gasteiger partial charge in [-0.05, 0) is 30.3 Å². The van der Waals surface area contributed by atoms with Crippen molar-refractivity contribution in [1.82, 2.24) is 4.98 Å². The van der Waals surface area contributed by atoms with Crippen LogP contribution in [0.2, 0.25) is 0 Å². The van der Waals surface area contributed by atoms with Gasteiger partial charge in [-0.25, -0.2) is 4.98 Å². The number of hydrogen-bond donors (Lipinski definition) is 0. The van der Waals surface area contributed by atoms with Gasteiger partial charge in [0, 0.05) is 23.2 Å². The molecule has 0 saturated heterocycles. The van der Waals surface area contributed by atoms with Gasteiger partial charge >= 0.3 is 5.97 Å². The topological polar surface area (TPSA) is 56.3 Å². The first-order valence-electron chi connectivity index (χ1n) is 6.91. The molecule has 0 atom stereocenters. The number of nitrogens with zero attached hydrogens (tertiary/aromatic N) is 1. The maximum absolute atomic E-state index is 11.8. The van der Waals surface area contributed by atoms with E-state index >= 15 is 0 Å². The summed E-state index contributed by atoms with van der Waals surface area (Å²) in [5.41, 5.74) is 0.900. The summed E-state index contributed by atoms with van der Waals surface area (Å²) in [7, 11) is 0. The zero-order chi connectivity index (χ0) is 15.1. The van der Waals surface area contributed by atoms with Crippen LogP contribution in [0.1, 0.15) is 32.6 Å². The Bertz CT molecular complexity index is 597. The summed E-state index contributed by atoms with van der Waals surface area (Å²) in [4.78, 5) is 27.6. The molecule has 1 aromatic heterocycles. The molecule has 0 aliphatic carbocycles. The Labute approximate surface area is 148 Å². The molecule has 1 radical (unpaired) electrons. The van der Waals surface area contributed by atoms with Crippen molar-refractivity contribution in [1.29, 1.82) is 0 Å². The Morgan fingerprint density at radius 2 is 2.05 bits per heavy atom. The number of para-hydroxylation sites is 1. The molecule has 1 aromatic carbocycles. The van der Waals surface area contributed by atoms with Crippen molar-refractivity contribution in [3.8, 4) is 0 Å². The number of fused-ring (bicyclic) bond motifs is 1. The SMILES string of the molecule is CCCCOC(=O)CCC(=O)Sc1nc2ccccc2s1.[Co]. The third-order valence-corrected chi connectivity index (χ3v) is 4.80. The van der Waals surface area contributed by atoms with Gasteiger partial charge in [-0.3, -0.25) is 9.59 Å². The second kappa shape index (κ2) is 9.99. The molecular formula is C15H17CoNO3S2. The minimum atomic E-state index is -0.304. The van der Waals surface area contributed by atoms with E-state index in [1.807, 2.05) is 31.2 Å². The van der Waals surface area contributed by atoms with Gasteiger partial charge in [-0.15, -0.1) is 11.3 Å². The zero-order valence-corrected chi connectivity index (χ0v) is 14.8. The predicted molar refractivity (Wildman–Crippen MR) is 85.6 cm³/mol. The maximum Gasteiger partial charge on any atom is 0.306 e. The second-order valence-electron chi connectivity index (χ2n) is 4.50. The molecule has 0 amide bonds. The molecule has 4 nitrogen and oxygen atoms in total. The van der Waals surface area contributed by atoms with Crippen molar-refractivity contribution in [3.05, 3.63) is 24.3 Å². The third-order valence-electron chi connectivity index (χ3n) is 2.77. The fourth-order valence-corrected chi connectivity index (χ4v) is 3.60. The number of hydrogen-bond acceptors (Lipinski definition) is 6. The molecule has 0 fully saturated rings. The molecule has 0 saturated carbocycles. The molecule has 2 rings (SSSR count). The molecule has 0 aliphatic heterocycles. The summed E-state index contributed by atoms with van der Waals surface area (Å²) in [6.45, 7) is 2.47. The Morgan fingerprint density at radius 3 is 2.77 bits per heavy atom. The van der Waals surface area contributed by atoms with Gasteiger partial charge in [0.05, 0.1) is 23.2 Å². The van der Waals surface area contributed by atoms with Crippen LogP contribution in [0.3, 0.4) is 0 Å². The monoisotopic (exact) mass is 382 g/mol. The largest absolute Gasteiger partial charge is 0.466 e. The van der Waals surface area contributed by atoms with Crippen molar-refractivity contribution in [2.45, 2.75) is 36.9 Å². The van der Waals surface area contributed by atoms with E-state index in [1.165, 1.54) is 11.3 Å². The predicted octanol–water partition coefficient (Wildman–Crippen LogP) is 4.04. The van der Waals surface area contributed by atoms with Gasteiger partial charge in [-0.2, -0.15) is 0 Å². The van der Waals surface area contributed by atoms with E-state index in [9.17, 15) is 9.59 Å². The first-order valence-corrected chi connectivity index (χ1v) is 8.54. The Morgan fingerprint density at radius 1 is 1.27 bits per heavy atom. The van der Waals surface area contributed by atoms with Crippen LogP contribution >= 0.6 is 23.1 Å². The molecule has 0 bridgehead atoms. The summed E-state index contributed by atoms with van der Waals surface area (Å²) in [6.07, 6.45) is 2.17. The molecule has 0 unspecified atom stereocenters. The molecule has 0 spiro atoms. The smallest absolute Gasteiger partial charge is 0.306 e. The Balaban J connectivity index is 0.00000242. The molecule has 0 aliphatic rings. The molecule has 7 heteroatoms. The number of thioether (sulfide) groups is 1. The van der Waals surface area contributed by atoms with Gasteiger partial charge in [-0.1, -0.05) is 25.5 Å². The Kier molecular flexibility index (Phi) is 8.70. The zero-order valence-electron chi connectivity index (χ0n) is 12.2. The van der Waals surface area contributed by atoms with E-state index < -0.39 is 0 Å². The number of aromatic nitrogens is 1. The fraction of sp³-hybridized carbons (Fsp3) is 0.400. The van der Waals surface area contributed by atoms with Crippen molar-refractivity contribution in [2.75, 3.05) is 6.61 Å². The van der Waals surface area contributed by atoms with Crippen molar-refractivity contribution >= 4 is 44.4 Å². The first-order chi connectivity index (χ1) is 10.2. The van der Waals surface area contributed by atoms with Crippen LogP contribution in [0, 0.1) is 0 Å². The summed E-state index contributed by atoms with van der Waals surface area (Å²) in [5.74, 6) is -0.304. The first kappa shape index (κ1) is 19.2.